The molecule has 1 N–H and O–H groups in total. The predicted molar refractivity (Wildman–Crippen MR) is 81.3 cm³/mol. The molecule has 0 radical (unpaired) electrons. The van der Waals surface area contributed by atoms with Gasteiger partial charge in [-0.2, -0.15) is 0 Å². The molecule has 0 bridgehead atoms. The summed E-state index contributed by atoms with van der Waals surface area (Å²) < 4.78 is 23.7. The van der Waals surface area contributed by atoms with Crippen LogP contribution in [0.15, 0.2) is 40.8 Å². The van der Waals surface area contributed by atoms with Gasteiger partial charge in [0, 0.05) is 6.04 Å². The summed E-state index contributed by atoms with van der Waals surface area (Å²) in [6, 6.07) is 9.21. The van der Waals surface area contributed by atoms with Gasteiger partial charge in [0.25, 0.3) is 5.91 Å². The Kier molecular flexibility index (Phi) is 5.58. The molecule has 0 aliphatic rings. The first kappa shape index (κ1) is 16.1. The number of hydrogen-bond acceptors (Lipinski definition) is 3. The van der Waals surface area contributed by atoms with Crippen molar-refractivity contribution in [2.24, 2.45) is 0 Å². The zero-order chi connectivity index (χ0) is 15.9. The minimum Gasteiger partial charge on any atom is -0.486 e. The Morgan fingerprint density at radius 2 is 1.86 bits per heavy atom. The third kappa shape index (κ3) is 4.35. The molecule has 0 aliphatic carbocycles. The van der Waals surface area contributed by atoms with E-state index in [0.29, 0.717) is 11.5 Å². The first-order valence-corrected chi connectivity index (χ1v) is 7.40. The van der Waals surface area contributed by atoms with Gasteiger partial charge in [-0.3, -0.25) is 4.79 Å². The van der Waals surface area contributed by atoms with Crippen molar-refractivity contribution in [1.29, 1.82) is 0 Å². The predicted octanol–water partition coefficient (Wildman–Crippen LogP) is 3.92. The van der Waals surface area contributed by atoms with Crippen LogP contribution < -0.4 is 10.1 Å². The Balaban J connectivity index is 1.90. The second-order valence-electron chi connectivity index (χ2n) is 5.00. The lowest BCUT2D eigenvalue weighted by molar-refractivity contribution is 0.0902. The van der Waals surface area contributed by atoms with Crippen molar-refractivity contribution < 1.29 is 18.3 Å². The van der Waals surface area contributed by atoms with Crippen molar-refractivity contribution >= 4 is 5.91 Å². The van der Waals surface area contributed by atoms with Crippen LogP contribution in [0.2, 0.25) is 0 Å². The van der Waals surface area contributed by atoms with Gasteiger partial charge in [0.2, 0.25) is 0 Å². The van der Waals surface area contributed by atoms with Crippen molar-refractivity contribution in [3.8, 4) is 5.75 Å². The lowest BCUT2D eigenvalue weighted by Crippen LogP contribution is -2.33. The number of ether oxygens (including phenoxy) is 1. The van der Waals surface area contributed by atoms with Gasteiger partial charge < -0.3 is 14.5 Å². The van der Waals surface area contributed by atoms with Crippen LogP contribution in [0.1, 0.15) is 43.0 Å². The summed E-state index contributed by atoms with van der Waals surface area (Å²) >= 11 is 0. The normalized spacial score (nSPS) is 10.7. The summed E-state index contributed by atoms with van der Waals surface area (Å²) in [4.78, 5) is 12.0. The highest BCUT2D eigenvalue weighted by atomic mass is 19.1. The molecular formula is C17H20FNO3. The standard InChI is InChI=1S/C17H20FNO3/c1-3-13(4-2)19-17(20)16-10-9-15(22-16)11-21-14-7-5-12(18)6-8-14/h5-10,13H,3-4,11H2,1-2H3,(H,19,20). The quantitative estimate of drug-likeness (QED) is 0.843. The SMILES string of the molecule is CCC(CC)NC(=O)c1ccc(COc2ccc(F)cc2)o1. The molecule has 2 rings (SSSR count). The van der Waals surface area contributed by atoms with Crippen LogP contribution in [0.5, 0.6) is 5.75 Å². The largest absolute Gasteiger partial charge is 0.486 e. The Labute approximate surface area is 129 Å². The average Bonchev–Trinajstić information content (AvgIpc) is 3.01. The molecule has 5 heteroatoms. The van der Waals surface area contributed by atoms with Crippen molar-refractivity contribution in [2.45, 2.75) is 39.3 Å². The molecular weight excluding hydrogens is 285 g/mol. The highest BCUT2D eigenvalue weighted by Gasteiger charge is 2.14. The summed E-state index contributed by atoms with van der Waals surface area (Å²) in [6.07, 6.45) is 1.76. The molecule has 22 heavy (non-hydrogen) atoms. The molecule has 0 unspecified atom stereocenters. The fraction of sp³-hybridized carbons (Fsp3) is 0.353. The van der Waals surface area contributed by atoms with Crippen molar-refractivity contribution in [3.63, 3.8) is 0 Å². The van der Waals surface area contributed by atoms with Gasteiger partial charge in [0.15, 0.2) is 5.76 Å². The minimum atomic E-state index is -0.314. The molecule has 2 aromatic rings. The first-order valence-electron chi connectivity index (χ1n) is 7.40. The van der Waals surface area contributed by atoms with E-state index in [2.05, 4.69) is 5.32 Å². The third-order valence-corrected chi connectivity index (χ3v) is 3.40. The fourth-order valence-corrected chi connectivity index (χ4v) is 2.01. The van der Waals surface area contributed by atoms with E-state index in [0.717, 1.165) is 12.8 Å². The molecule has 0 atom stereocenters. The summed E-state index contributed by atoms with van der Waals surface area (Å²) in [7, 11) is 0. The number of carbonyl (C=O) groups excluding carboxylic acids is 1. The van der Waals surface area contributed by atoms with Crippen molar-refractivity contribution in [2.75, 3.05) is 0 Å². The monoisotopic (exact) mass is 305 g/mol. The molecule has 0 fully saturated rings. The third-order valence-electron chi connectivity index (χ3n) is 3.40. The second kappa shape index (κ2) is 7.64. The number of amides is 1. The van der Waals surface area contributed by atoms with Crippen LogP contribution in [0, 0.1) is 5.82 Å². The van der Waals surface area contributed by atoms with E-state index in [-0.39, 0.29) is 30.1 Å². The molecule has 1 aromatic heterocycles. The van der Waals surface area contributed by atoms with Crippen LogP contribution in [-0.4, -0.2) is 11.9 Å². The smallest absolute Gasteiger partial charge is 0.287 e. The van der Waals surface area contributed by atoms with E-state index in [9.17, 15) is 9.18 Å². The molecule has 0 spiro atoms. The second-order valence-corrected chi connectivity index (χ2v) is 5.00. The number of rotatable bonds is 7. The molecule has 118 valence electrons. The molecule has 1 heterocycles. The summed E-state index contributed by atoms with van der Waals surface area (Å²) in [5.41, 5.74) is 0. The van der Waals surface area contributed by atoms with Gasteiger partial charge in [0.1, 0.15) is 23.9 Å². The molecule has 0 saturated carbocycles. The number of nitrogens with one attached hydrogen (secondary N) is 1. The van der Waals surface area contributed by atoms with Crippen LogP contribution in [0.3, 0.4) is 0 Å². The topological polar surface area (TPSA) is 51.5 Å². The van der Waals surface area contributed by atoms with E-state index in [1.807, 2.05) is 13.8 Å². The molecule has 1 aromatic carbocycles. The summed E-state index contributed by atoms with van der Waals surface area (Å²) in [5.74, 6) is 0.817. The van der Waals surface area contributed by atoms with E-state index < -0.39 is 0 Å². The number of halogens is 1. The van der Waals surface area contributed by atoms with E-state index in [1.165, 1.54) is 12.1 Å². The van der Waals surface area contributed by atoms with Gasteiger partial charge in [0.05, 0.1) is 0 Å². The van der Waals surface area contributed by atoms with Gasteiger partial charge in [-0.05, 0) is 49.2 Å². The maximum absolute atomic E-state index is 12.8. The van der Waals surface area contributed by atoms with Gasteiger partial charge in [-0.25, -0.2) is 4.39 Å². The lowest BCUT2D eigenvalue weighted by atomic mass is 10.2. The Morgan fingerprint density at radius 1 is 1.18 bits per heavy atom. The van der Waals surface area contributed by atoms with E-state index in [4.69, 9.17) is 9.15 Å². The van der Waals surface area contributed by atoms with Crippen LogP contribution >= 0.6 is 0 Å². The molecule has 0 aliphatic heterocycles. The Bertz CT molecular complexity index is 603. The van der Waals surface area contributed by atoms with Gasteiger partial charge >= 0.3 is 0 Å². The minimum absolute atomic E-state index is 0.150. The van der Waals surface area contributed by atoms with Crippen molar-refractivity contribution in [3.05, 3.63) is 53.7 Å². The zero-order valence-electron chi connectivity index (χ0n) is 12.8. The Hall–Kier alpha value is -2.30. The summed E-state index contributed by atoms with van der Waals surface area (Å²) in [5, 5.41) is 2.91. The summed E-state index contributed by atoms with van der Waals surface area (Å²) in [6.45, 7) is 4.24. The Morgan fingerprint density at radius 3 is 2.50 bits per heavy atom. The van der Waals surface area contributed by atoms with Crippen LogP contribution in [0.4, 0.5) is 4.39 Å². The number of hydrogen-bond donors (Lipinski definition) is 1. The molecule has 1 amide bonds. The maximum atomic E-state index is 12.8. The fourth-order valence-electron chi connectivity index (χ4n) is 2.01. The van der Waals surface area contributed by atoms with Crippen LogP contribution in [-0.2, 0) is 6.61 Å². The highest BCUT2D eigenvalue weighted by Crippen LogP contribution is 2.15. The molecule has 4 nitrogen and oxygen atoms in total. The van der Waals surface area contributed by atoms with E-state index >= 15 is 0 Å². The molecule has 0 saturated heterocycles. The lowest BCUT2D eigenvalue weighted by Gasteiger charge is -2.13. The number of carbonyl (C=O) groups is 1. The van der Waals surface area contributed by atoms with Crippen molar-refractivity contribution in [1.82, 2.24) is 5.32 Å². The maximum Gasteiger partial charge on any atom is 0.287 e. The first-order chi connectivity index (χ1) is 10.6. The van der Waals surface area contributed by atoms with Gasteiger partial charge in [-0.1, -0.05) is 13.8 Å². The number of furan rings is 1. The number of benzene rings is 1. The van der Waals surface area contributed by atoms with E-state index in [1.54, 1.807) is 24.3 Å². The zero-order valence-corrected chi connectivity index (χ0v) is 12.8. The van der Waals surface area contributed by atoms with Gasteiger partial charge in [-0.15, -0.1) is 0 Å². The average molecular weight is 305 g/mol. The van der Waals surface area contributed by atoms with Crippen LogP contribution in [0.25, 0.3) is 0 Å². The highest BCUT2D eigenvalue weighted by molar-refractivity contribution is 5.91.